The van der Waals surface area contributed by atoms with E-state index >= 15 is 0 Å². The normalized spacial score (nSPS) is 11.6. The highest BCUT2D eigenvalue weighted by Crippen LogP contribution is 2.21. The number of hydrogen-bond donors (Lipinski definition) is 2. The number of carbonyl (C=O) groups is 1. The molecule has 1 heterocycles. The van der Waals surface area contributed by atoms with Gasteiger partial charge in [-0.25, -0.2) is 9.78 Å². The number of hydrogen-bond acceptors (Lipinski definition) is 6. The van der Waals surface area contributed by atoms with Gasteiger partial charge in [-0.15, -0.1) is 0 Å². The van der Waals surface area contributed by atoms with Crippen molar-refractivity contribution in [3.8, 4) is 11.8 Å². The maximum absolute atomic E-state index is 12.3. The third-order valence-electron chi connectivity index (χ3n) is 3.77. The Morgan fingerprint density at radius 3 is 2.70 bits per heavy atom. The second-order valence-corrected chi connectivity index (χ2v) is 5.54. The number of nitrogens with zero attached hydrogens (tertiary/aromatic N) is 2. The van der Waals surface area contributed by atoms with Crippen LogP contribution in [0.1, 0.15) is 23.1 Å². The van der Waals surface area contributed by atoms with Crippen LogP contribution < -0.4 is 4.74 Å². The van der Waals surface area contributed by atoms with E-state index in [9.17, 15) is 15.2 Å². The fraction of sp³-hybridized carbons (Fsp3) is 0.150. The fourth-order valence-electron chi connectivity index (χ4n) is 2.53. The van der Waals surface area contributed by atoms with E-state index in [-0.39, 0.29) is 17.0 Å². The predicted octanol–water partition coefficient (Wildman–Crippen LogP) is 3.61. The second kappa shape index (κ2) is 8.06. The minimum absolute atomic E-state index is 0.0860. The van der Waals surface area contributed by atoms with Crippen LogP contribution in [0.3, 0.4) is 0 Å². The van der Waals surface area contributed by atoms with E-state index in [0.29, 0.717) is 17.9 Å². The van der Waals surface area contributed by atoms with Crippen molar-refractivity contribution in [3.63, 3.8) is 0 Å². The monoisotopic (exact) mass is 363 g/mol. The van der Waals surface area contributed by atoms with Crippen LogP contribution in [-0.4, -0.2) is 34.3 Å². The van der Waals surface area contributed by atoms with Gasteiger partial charge in [-0.05, 0) is 31.2 Å². The van der Waals surface area contributed by atoms with E-state index in [4.69, 9.17) is 9.47 Å². The lowest BCUT2D eigenvalue weighted by molar-refractivity contribution is 0.0498. The molecule has 0 saturated carbocycles. The number of allylic oxidation sites excluding steroid dienone is 1. The molecule has 0 aliphatic carbocycles. The predicted molar refractivity (Wildman–Crippen MR) is 99.1 cm³/mol. The number of aromatic amines is 1. The van der Waals surface area contributed by atoms with Gasteiger partial charge in [0.05, 0.1) is 17.6 Å². The number of aliphatic hydroxyl groups is 1. The lowest BCUT2D eigenvalue weighted by Gasteiger charge is -2.10. The zero-order valence-corrected chi connectivity index (χ0v) is 14.6. The number of nitrogens with one attached hydrogen (secondary N) is 1. The first kappa shape index (κ1) is 18.0. The first-order valence-electron chi connectivity index (χ1n) is 8.30. The number of rotatable bonds is 6. The van der Waals surface area contributed by atoms with Gasteiger partial charge < -0.3 is 19.6 Å². The van der Waals surface area contributed by atoms with Crippen LogP contribution >= 0.6 is 0 Å². The summed E-state index contributed by atoms with van der Waals surface area (Å²) < 4.78 is 10.5. The Bertz CT molecular complexity index is 1010. The molecule has 27 heavy (non-hydrogen) atoms. The van der Waals surface area contributed by atoms with Crippen LogP contribution in [0.4, 0.5) is 0 Å². The molecule has 2 aromatic carbocycles. The summed E-state index contributed by atoms with van der Waals surface area (Å²) in [7, 11) is 0. The smallest absolute Gasteiger partial charge is 0.342 e. The van der Waals surface area contributed by atoms with Gasteiger partial charge in [-0.2, -0.15) is 5.26 Å². The molecule has 0 unspecified atom stereocenters. The van der Waals surface area contributed by atoms with Crippen molar-refractivity contribution in [2.75, 3.05) is 13.2 Å². The molecule has 0 spiro atoms. The number of para-hydroxylation sites is 3. The van der Waals surface area contributed by atoms with Gasteiger partial charge in [0, 0.05) is 0 Å². The summed E-state index contributed by atoms with van der Waals surface area (Å²) in [6.45, 7) is 1.75. The van der Waals surface area contributed by atoms with Crippen molar-refractivity contribution < 1.29 is 19.4 Å². The van der Waals surface area contributed by atoms with Crippen LogP contribution in [0, 0.1) is 11.3 Å². The second-order valence-electron chi connectivity index (χ2n) is 5.54. The highest BCUT2D eigenvalue weighted by atomic mass is 16.5. The molecular formula is C20H17N3O4. The Morgan fingerprint density at radius 2 is 1.96 bits per heavy atom. The molecule has 3 rings (SSSR count). The zero-order chi connectivity index (χ0) is 19.2. The topological polar surface area (TPSA) is 108 Å². The number of aliphatic hydroxyl groups excluding tert-OH is 1. The summed E-state index contributed by atoms with van der Waals surface area (Å²) >= 11 is 0. The molecule has 1 aromatic heterocycles. The van der Waals surface area contributed by atoms with Crippen molar-refractivity contribution in [1.82, 2.24) is 9.97 Å². The molecule has 0 aliphatic heterocycles. The molecule has 0 saturated heterocycles. The Morgan fingerprint density at radius 1 is 1.22 bits per heavy atom. The molecular weight excluding hydrogens is 346 g/mol. The quantitative estimate of drug-likeness (QED) is 0.393. The van der Waals surface area contributed by atoms with Crippen molar-refractivity contribution >= 4 is 22.6 Å². The van der Waals surface area contributed by atoms with Gasteiger partial charge >= 0.3 is 5.97 Å². The van der Waals surface area contributed by atoms with E-state index in [0.717, 1.165) is 5.52 Å². The van der Waals surface area contributed by atoms with Crippen molar-refractivity contribution in [1.29, 1.82) is 5.26 Å². The summed E-state index contributed by atoms with van der Waals surface area (Å²) in [4.78, 5) is 19.5. The van der Waals surface area contributed by atoms with Gasteiger partial charge in [0.25, 0.3) is 0 Å². The molecule has 7 heteroatoms. The molecule has 0 aliphatic rings. The van der Waals surface area contributed by atoms with Crippen LogP contribution in [0.25, 0.3) is 16.6 Å². The van der Waals surface area contributed by atoms with Crippen LogP contribution in [0.2, 0.25) is 0 Å². The van der Waals surface area contributed by atoms with Gasteiger partial charge in [0.2, 0.25) is 0 Å². The third kappa shape index (κ3) is 3.90. The van der Waals surface area contributed by atoms with Crippen LogP contribution in [0.5, 0.6) is 5.75 Å². The fourth-order valence-corrected chi connectivity index (χ4v) is 2.53. The molecule has 136 valence electrons. The molecule has 0 amide bonds. The van der Waals surface area contributed by atoms with Crippen LogP contribution in [-0.2, 0) is 4.74 Å². The van der Waals surface area contributed by atoms with E-state index in [2.05, 4.69) is 9.97 Å². The molecule has 3 aromatic rings. The lowest BCUT2D eigenvalue weighted by Crippen LogP contribution is -2.11. The van der Waals surface area contributed by atoms with E-state index in [1.807, 2.05) is 31.2 Å². The van der Waals surface area contributed by atoms with Crippen molar-refractivity contribution in [3.05, 3.63) is 65.7 Å². The summed E-state index contributed by atoms with van der Waals surface area (Å²) in [6, 6.07) is 15.8. The molecule has 0 radical (unpaired) electrons. The van der Waals surface area contributed by atoms with Crippen molar-refractivity contribution in [2.24, 2.45) is 0 Å². The average molecular weight is 363 g/mol. The summed E-state index contributed by atoms with van der Waals surface area (Å²) in [5, 5.41) is 19.6. The minimum Gasteiger partial charge on any atom is -0.507 e. The molecule has 0 atom stereocenters. The number of benzene rings is 2. The van der Waals surface area contributed by atoms with Gasteiger partial charge in [0.1, 0.15) is 29.6 Å². The number of fused-ring (bicyclic) bond motifs is 1. The Hall–Kier alpha value is -3.79. The molecule has 0 fully saturated rings. The van der Waals surface area contributed by atoms with E-state index in [1.165, 1.54) is 0 Å². The van der Waals surface area contributed by atoms with Crippen molar-refractivity contribution in [2.45, 2.75) is 6.92 Å². The van der Waals surface area contributed by atoms with Gasteiger partial charge in [-0.1, -0.05) is 24.3 Å². The third-order valence-corrected chi connectivity index (χ3v) is 3.77. The summed E-state index contributed by atoms with van der Waals surface area (Å²) in [5.41, 5.74) is 1.55. The molecule has 2 N–H and O–H groups in total. The maximum atomic E-state index is 12.3. The Labute approximate surface area is 155 Å². The largest absolute Gasteiger partial charge is 0.507 e. The number of imidazole rings is 1. The van der Waals surface area contributed by atoms with E-state index in [1.54, 1.807) is 30.3 Å². The summed E-state index contributed by atoms with van der Waals surface area (Å²) in [5.74, 6) is -0.445. The number of carbonyl (C=O) groups excluding carboxylic acids is 1. The highest BCUT2D eigenvalue weighted by molar-refractivity contribution is 5.92. The van der Waals surface area contributed by atoms with Gasteiger partial charge in [0.15, 0.2) is 11.6 Å². The molecule has 7 nitrogen and oxygen atoms in total. The number of H-pyrrole nitrogens is 1. The first-order chi connectivity index (χ1) is 13.1. The average Bonchev–Trinajstić information content (AvgIpc) is 3.11. The lowest BCUT2D eigenvalue weighted by atomic mass is 10.2. The number of aromatic nitrogens is 2. The maximum Gasteiger partial charge on any atom is 0.342 e. The van der Waals surface area contributed by atoms with E-state index < -0.39 is 18.3 Å². The SMILES string of the molecule is CCOc1ccccc1C(=O)OC/C(O)=C(\C#N)c1nc2ccccc2[nH]1. The standard InChI is InChI=1S/C20H17N3O4/c1-2-26-18-10-6-3-7-13(18)20(25)27-12-17(24)14(11-21)19-22-15-8-4-5-9-16(15)23-19/h3-10,24H,2,12H2,1H3,(H,22,23)/b17-14-. The number of nitriles is 1. The first-order valence-corrected chi connectivity index (χ1v) is 8.30. The Kier molecular flexibility index (Phi) is 5.38. The minimum atomic E-state index is -0.660. The summed E-state index contributed by atoms with van der Waals surface area (Å²) in [6.07, 6.45) is 0. The Balaban J connectivity index is 1.79. The zero-order valence-electron chi connectivity index (χ0n) is 14.6. The van der Waals surface area contributed by atoms with Gasteiger partial charge in [-0.3, -0.25) is 0 Å². The highest BCUT2D eigenvalue weighted by Gasteiger charge is 2.17. The van der Waals surface area contributed by atoms with Crippen LogP contribution in [0.15, 0.2) is 54.3 Å². The number of esters is 1. The number of ether oxygens (including phenoxy) is 2. The molecule has 0 bridgehead atoms.